The molecule has 1 aromatic rings. The third kappa shape index (κ3) is 1.70. The van der Waals surface area contributed by atoms with E-state index in [0.717, 1.165) is 29.2 Å². The molecule has 1 aromatic heterocycles. The molecule has 0 saturated heterocycles. The predicted octanol–water partition coefficient (Wildman–Crippen LogP) is 1.09. The second-order valence-electron chi connectivity index (χ2n) is 2.90. The first-order chi connectivity index (χ1) is 6.27. The van der Waals surface area contributed by atoms with Gasteiger partial charge in [0, 0.05) is 11.3 Å². The monoisotopic (exact) mass is 199 g/mol. The fraction of sp³-hybridized carbons (Fsp3) is 0.500. The molecule has 0 aromatic carbocycles. The number of carbonyl (C=O) groups is 1. The van der Waals surface area contributed by atoms with Gasteiger partial charge in [-0.1, -0.05) is 5.16 Å². The average molecular weight is 199 g/mol. The molecule has 4 nitrogen and oxygen atoms in total. The van der Waals surface area contributed by atoms with Gasteiger partial charge in [0.25, 0.3) is 0 Å². The summed E-state index contributed by atoms with van der Waals surface area (Å²) in [5.41, 5.74) is 1.94. The van der Waals surface area contributed by atoms with Crippen molar-refractivity contribution in [1.82, 2.24) is 5.16 Å². The lowest BCUT2D eigenvalue weighted by Gasteiger charge is -2.07. The summed E-state index contributed by atoms with van der Waals surface area (Å²) in [7, 11) is 0. The largest absolute Gasteiger partial charge is 0.481 e. The molecule has 13 heavy (non-hydrogen) atoms. The van der Waals surface area contributed by atoms with Crippen molar-refractivity contribution in [3.63, 3.8) is 0 Å². The normalized spacial score (nSPS) is 15.4. The van der Waals surface area contributed by atoms with Crippen molar-refractivity contribution >= 4 is 17.7 Å². The predicted molar refractivity (Wildman–Crippen MR) is 47.7 cm³/mol. The maximum absolute atomic E-state index is 10.5. The number of rotatable bonds is 2. The molecule has 0 unspecified atom stereocenters. The van der Waals surface area contributed by atoms with Crippen LogP contribution in [0.1, 0.15) is 17.0 Å². The van der Waals surface area contributed by atoms with Crippen LogP contribution in [0.2, 0.25) is 0 Å². The second kappa shape index (κ2) is 3.41. The number of aliphatic carboxylic acids is 1. The molecule has 2 rings (SSSR count). The quantitative estimate of drug-likeness (QED) is 0.772. The van der Waals surface area contributed by atoms with Crippen LogP contribution in [0.5, 0.6) is 0 Å². The van der Waals surface area contributed by atoms with Crippen LogP contribution < -0.4 is 0 Å². The smallest absolute Gasteiger partial charge is 0.311 e. The van der Waals surface area contributed by atoms with Crippen LogP contribution in [-0.2, 0) is 23.4 Å². The Balaban J connectivity index is 2.26. The van der Waals surface area contributed by atoms with Crippen LogP contribution in [0.3, 0.4) is 0 Å². The molecule has 5 heteroatoms. The molecule has 0 aliphatic carbocycles. The summed E-state index contributed by atoms with van der Waals surface area (Å²) in [4.78, 5) is 10.5. The van der Waals surface area contributed by atoms with Crippen LogP contribution in [0.25, 0.3) is 0 Å². The number of carboxylic acid groups (broad SMARTS) is 1. The van der Waals surface area contributed by atoms with Gasteiger partial charge in [0.05, 0.1) is 5.69 Å². The van der Waals surface area contributed by atoms with Gasteiger partial charge in [0.2, 0.25) is 0 Å². The van der Waals surface area contributed by atoms with Crippen LogP contribution in [0.15, 0.2) is 4.52 Å². The van der Waals surface area contributed by atoms with Gasteiger partial charge in [-0.3, -0.25) is 4.79 Å². The Hall–Kier alpha value is -0.970. The molecule has 0 fully saturated rings. The van der Waals surface area contributed by atoms with Crippen LogP contribution in [0.4, 0.5) is 0 Å². The summed E-state index contributed by atoms with van der Waals surface area (Å²) in [6, 6.07) is 0. The molecule has 0 radical (unpaired) electrons. The van der Waals surface area contributed by atoms with Gasteiger partial charge < -0.3 is 9.63 Å². The molecular formula is C8H9NO3S. The first-order valence-electron chi connectivity index (χ1n) is 4.03. The third-order valence-corrected chi connectivity index (χ3v) is 2.97. The summed E-state index contributed by atoms with van der Waals surface area (Å²) in [5.74, 6) is 1.54. The van der Waals surface area contributed by atoms with E-state index in [1.54, 1.807) is 11.8 Å². The first kappa shape index (κ1) is 8.62. The zero-order chi connectivity index (χ0) is 9.26. The molecule has 0 amide bonds. The van der Waals surface area contributed by atoms with Crippen molar-refractivity contribution < 1.29 is 14.4 Å². The SMILES string of the molecule is O=C(O)Cc1onc2c1CCSC2. The number of hydrogen-bond donors (Lipinski definition) is 1. The van der Waals surface area contributed by atoms with Gasteiger partial charge in [-0.25, -0.2) is 0 Å². The van der Waals surface area contributed by atoms with E-state index in [4.69, 9.17) is 9.63 Å². The van der Waals surface area contributed by atoms with Gasteiger partial charge in [-0.05, 0) is 12.2 Å². The highest BCUT2D eigenvalue weighted by molar-refractivity contribution is 7.98. The second-order valence-corrected chi connectivity index (χ2v) is 4.01. The highest BCUT2D eigenvalue weighted by atomic mass is 32.2. The maximum atomic E-state index is 10.5. The molecule has 0 bridgehead atoms. The minimum atomic E-state index is -0.864. The Morgan fingerprint density at radius 1 is 1.69 bits per heavy atom. The Morgan fingerprint density at radius 3 is 3.31 bits per heavy atom. The van der Waals surface area contributed by atoms with Gasteiger partial charge in [0.15, 0.2) is 5.76 Å². The van der Waals surface area contributed by atoms with Gasteiger partial charge in [-0.2, -0.15) is 11.8 Å². The lowest BCUT2D eigenvalue weighted by atomic mass is 10.1. The molecule has 0 atom stereocenters. The number of carboxylic acids is 1. The van der Waals surface area contributed by atoms with Gasteiger partial charge in [-0.15, -0.1) is 0 Å². The number of fused-ring (bicyclic) bond motifs is 1. The minimum absolute atomic E-state index is 0.0486. The topological polar surface area (TPSA) is 63.3 Å². The summed E-state index contributed by atoms with van der Waals surface area (Å²) >= 11 is 1.80. The molecule has 1 N–H and O–H groups in total. The van der Waals surface area contributed by atoms with Crippen molar-refractivity contribution in [2.45, 2.75) is 18.6 Å². The van der Waals surface area contributed by atoms with E-state index in [1.165, 1.54) is 0 Å². The van der Waals surface area contributed by atoms with E-state index >= 15 is 0 Å². The van der Waals surface area contributed by atoms with E-state index in [0.29, 0.717) is 5.76 Å². The zero-order valence-corrected chi connectivity index (χ0v) is 7.76. The fourth-order valence-corrected chi connectivity index (χ4v) is 2.31. The van der Waals surface area contributed by atoms with E-state index in [1.807, 2.05) is 0 Å². The Kier molecular flexibility index (Phi) is 2.26. The molecular weight excluding hydrogens is 190 g/mol. The third-order valence-electron chi connectivity index (χ3n) is 2.00. The van der Waals surface area contributed by atoms with E-state index < -0.39 is 5.97 Å². The number of hydrogen-bond acceptors (Lipinski definition) is 4. The van der Waals surface area contributed by atoms with Crippen LogP contribution in [-0.4, -0.2) is 22.0 Å². The summed E-state index contributed by atoms with van der Waals surface area (Å²) in [6.45, 7) is 0. The number of thioether (sulfide) groups is 1. The molecule has 1 aliphatic heterocycles. The van der Waals surface area contributed by atoms with Crippen molar-refractivity contribution in [1.29, 1.82) is 0 Å². The van der Waals surface area contributed by atoms with Gasteiger partial charge in [0.1, 0.15) is 6.42 Å². The molecule has 1 aliphatic rings. The summed E-state index contributed by atoms with van der Waals surface area (Å²) in [6.07, 6.45) is 0.832. The van der Waals surface area contributed by atoms with E-state index in [2.05, 4.69) is 5.16 Å². The van der Waals surface area contributed by atoms with Crippen LogP contribution >= 0.6 is 11.8 Å². The lowest BCUT2D eigenvalue weighted by molar-refractivity contribution is -0.136. The highest BCUT2D eigenvalue weighted by Gasteiger charge is 2.20. The Labute approximate surface area is 79.3 Å². The maximum Gasteiger partial charge on any atom is 0.311 e. The zero-order valence-electron chi connectivity index (χ0n) is 6.95. The van der Waals surface area contributed by atoms with E-state index in [9.17, 15) is 4.79 Å². The van der Waals surface area contributed by atoms with E-state index in [-0.39, 0.29) is 6.42 Å². The minimum Gasteiger partial charge on any atom is -0.481 e. The summed E-state index contributed by atoms with van der Waals surface area (Å²) < 4.78 is 4.98. The molecule has 2 heterocycles. The van der Waals surface area contributed by atoms with Crippen molar-refractivity contribution in [2.24, 2.45) is 0 Å². The van der Waals surface area contributed by atoms with Crippen molar-refractivity contribution in [3.8, 4) is 0 Å². The fourth-order valence-electron chi connectivity index (χ4n) is 1.40. The number of aromatic nitrogens is 1. The van der Waals surface area contributed by atoms with Crippen molar-refractivity contribution in [2.75, 3.05) is 5.75 Å². The Morgan fingerprint density at radius 2 is 2.54 bits per heavy atom. The average Bonchev–Trinajstić information content (AvgIpc) is 2.48. The number of nitrogens with zero attached hydrogens (tertiary/aromatic N) is 1. The lowest BCUT2D eigenvalue weighted by Crippen LogP contribution is -2.06. The van der Waals surface area contributed by atoms with Gasteiger partial charge >= 0.3 is 5.97 Å². The first-order valence-corrected chi connectivity index (χ1v) is 5.18. The Bertz CT molecular complexity index is 334. The molecule has 70 valence electrons. The van der Waals surface area contributed by atoms with Crippen LogP contribution in [0, 0.1) is 0 Å². The highest BCUT2D eigenvalue weighted by Crippen LogP contribution is 2.26. The molecule has 0 saturated carbocycles. The standard InChI is InChI=1S/C8H9NO3S/c10-8(11)3-7-5-1-2-13-4-6(5)9-12-7/h1-4H2,(H,10,11). The van der Waals surface area contributed by atoms with Crippen molar-refractivity contribution in [3.05, 3.63) is 17.0 Å². The molecule has 0 spiro atoms. The summed E-state index contributed by atoms with van der Waals surface area (Å²) in [5, 5.41) is 12.4.